The molecule has 0 saturated carbocycles. The van der Waals surface area contributed by atoms with Crippen LogP contribution in [-0.4, -0.2) is 16.5 Å². The van der Waals surface area contributed by atoms with E-state index >= 15 is 0 Å². The summed E-state index contributed by atoms with van der Waals surface area (Å²) in [6.07, 6.45) is 8.85. The first-order valence-electron chi connectivity index (χ1n) is 6.56. The van der Waals surface area contributed by atoms with Gasteiger partial charge in [-0.25, -0.2) is 9.97 Å². The van der Waals surface area contributed by atoms with Crippen molar-refractivity contribution in [3.05, 3.63) is 18.0 Å². The third-order valence-electron chi connectivity index (χ3n) is 2.96. The van der Waals surface area contributed by atoms with Gasteiger partial charge < -0.3 is 5.32 Å². The SMILES string of the molecule is CCCCCC(C)(C)CNc1ncc(C)cn1. The summed E-state index contributed by atoms with van der Waals surface area (Å²) >= 11 is 0. The van der Waals surface area contributed by atoms with E-state index in [4.69, 9.17) is 0 Å². The van der Waals surface area contributed by atoms with Crippen LogP contribution in [0.4, 0.5) is 5.95 Å². The molecule has 0 amide bonds. The average molecular weight is 235 g/mol. The molecule has 0 unspecified atom stereocenters. The molecule has 0 aliphatic heterocycles. The van der Waals surface area contributed by atoms with E-state index in [1.165, 1.54) is 25.7 Å². The fourth-order valence-corrected chi connectivity index (χ4v) is 1.74. The van der Waals surface area contributed by atoms with Crippen molar-refractivity contribution in [2.45, 2.75) is 53.4 Å². The molecule has 0 atom stereocenters. The minimum Gasteiger partial charge on any atom is -0.354 e. The first-order valence-corrected chi connectivity index (χ1v) is 6.56. The van der Waals surface area contributed by atoms with Crippen LogP contribution < -0.4 is 5.32 Å². The van der Waals surface area contributed by atoms with Crippen LogP contribution in [0.25, 0.3) is 0 Å². The number of aromatic nitrogens is 2. The third kappa shape index (κ3) is 5.66. The highest BCUT2D eigenvalue weighted by molar-refractivity contribution is 5.24. The van der Waals surface area contributed by atoms with Crippen LogP contribution in [0.3, 0.4) is 0 Å². The topological polar surface area (TPSA) is 37.8 Å². The molecule has 96 valence electrons. The first-order chi connectivity index (χ1) is 8.03. The number of anilines is 1. The van der Waals surface area contributed by atoms with E-state index in [1.54, 1.807) is 0 Å². The maximum absolute atomic E-state index is 4.26. The highest BCUT2D eigenvalue weighted by Crippen LogP contribution is 2.23. The minimum absolute atomic E-state index is 0.309. The van der Waals surface area contributed by atoms with Gasteiger partial charge in [0.15, 0.2) is 0 Å². The number of nitrogens with zero attached hydrogens (tertiary/aromatic N) is 2. The Hall–Kier alpha value is -1.12. The Bertz CT molecular complexity index is 317. The molecule has 17 heavy (non-hydrogen) atoms. The van der Waals surface area contributed by atoms with Crippen LogP contribution in [0.2, 0.25) is 0 Å². The lowest BCUT2D eigenvalue weighted by Crippen LogP contribution is -2.23. The Balaban J connectivity index is 2.35. The monoisotopic (exact) mass is 235 g/mol. The van der Waals surface area contributed by atoms with Gasteiger partial charge in [-0.15, -0.1) is 0 Å². The second kappa shape index (κ2) is 6.58. The zero-order chi connectivity index (χ0) is 12.7. The summed E-state index contributed by atoms with van der Waals surface area (Å²) in [5.74, 6) is 0.735. The van der Waals surface area contributed by atoms with Crippen LogP contribution in [0.5, 0.6) is 0 Å². The molecule has 1 aromatic rings. The van der Waals surface area contributed by atoms with E-state index in [2.05, 4.69) is 36.1 Å². The predicted molar refractivity (Wildman–Crippen MR) is 73.2 cm³/mol. The summed E-state index contributed by atoms with van der Waals surface area (Å²) in [5.41, 5.74) is 1.40. The van der Waals surface area contributed by atoms with Crippen molar-refractivity contribution in [1.29, 1.82) is 0 Å². The number of aryl methyl sites for hydroxylation is 1. The van der Waals surface area contributed by atoms with Crippen LogP contribution in [0, 0.1) is 12.3 Å². The zero-order valence-corrected chi connectivity index (χ0v) is 11.6. The molecule has 3 heteroatoms. The van der Waals surface area contributed by atoms with Gasteiger partial charge in [0.1, 0.15) is 0 Å². The maximum atomic E-state index is 4.26. The number of hydrogen-bond acceptors (Lipinski definition) is 3. The van der Waals surface area contributed by atoms with Gasteiger partial charge in [-0.3, -0.25) is 0 Å². The van der Waals surface area contributed by atoms with E-state index in [-0.39, 0.29) is 0 Å². The summed E-state index contributed by atoms with van der Waals surface area (Å²) in [6.45, 7) is 9.76. The Labute approximate surface area is 105 Å². The van der Waals surface area contributed by atoms with Gasteiger partial charge in [-0.05, 0) is 24.3 Å². The van der Waals surface area contributed by atoms with Crippen molar-refractivity contribution in [2.24, 2.45) is 5.41 Å². The Morgan fingerprint density at radius 3 is 2.41 bits per heavy atom. The standard InChI is InChI=1S/C14H25N3/c1-5-6-7-8-14(3,4)11-17-13-15-9-12(2)10-16-13/h9-10H,5-8,11H2,1-4H3,(H,15,16,17). The maximum Gasteiger partial charge on any atom is 0.222 e. The third-order valence-corrected chi connectivity index (χ3v) is 2.96. The van der Waals surface area contributed by atoms with Gasteiger partial charge in [0.25, 0.3) is 0 Å². The second-order valence-electron chi connectivity index (χ2n) is 5.56. The number of unbranched alkanes of at least 4 members (excludes halogenated alkanes) is 2. The van der Waals surface area contributed by atoms with Gasteiger partial charge >= 0.3 is 0 Å². The van der Waals surface area contributed by atoms with E-state index in [0.717, 1.165) is 18.1 Å². The fraction of sp³-hybridized carbons (Fsp3) is 0.714. The Morgan fingerprint density at radius 2 is 1.82 bits per heavy atom. The Morgan fingerprint density at radius 1 is 1.18 bits per heavy atom. The van der Waals surface area contributed by atoms with Crippen molar-refractivity contribution < 1.29 is 0 Å². The van der Waals surface area contributed by atoms with Gasteiger partial charge in [0, 0.05) is 18.9 Å². The molecule has 1 aromatic heterocycles. The van der Waals surface area contributed by atoms with Crippen LogP contribution >= 0.6 is 0 Å². The quantitative estimate of drug-likeness (QED) is 0.730. The van der Waals surface area contributed by atoms with Crippen molar-refractivity contribution in [1.82, 2.24) is 9.97 Å². The van der Waals surface area contributed by atoms with E-state index in [1.807, 2.05) is 19.3 Å². The number of nitrogens with one attached hydrogen (secondary N) is 1. The smallest absolute Gasteiger partial charge is 0.222 e. The lowest BCUT2D eigenvalue weighted by molar-refractivity contribution is 0.342. The van der Waals surface area contributed by atoms with Crippen molar-refractivity contribution in [2.75, 3.05) is 11.9 Å². The van der Waals surface area contributed by atoms with Crippen LogP contribution in [-0.2, 0) is 0 Å². The minimum atomic E-state index is 0.309. The molecular weight excluding hydrogens is 210 g/mol. The van der Waals surface area contributed by atoms with Crippen LogP contribution in [0.15, 0.2) is 12.4 Å². The molecule has 1 heterocycles. The normalized spacial score (nSPS) is 11.5. The molecule has 0 aliphatic rings. The van der Waals surface area contributed by atoms with Gasteiger partial charge in [-0.2, -0.15) is 0 Å². The van der Waals surface area contributed by atoms with Crippen molar-refractivity contribution >= 4 is 5.95 Å². The lowest BCUT2D eigenvalue weighted by atomic mass is 9.87. The molecule has 0 radical (unpaired) electrons. The summed E-state index contributed by atoms with van der Waals surface area (Å²) < 4.78 is 0. The zero-order valence-electron chi connectivity index (χ0n) is 11.6. The Kier molecular flexibility index (Phi) is 5.39. The highest BCUT2D eigenvalue weighted by Gasteiger charge is 2.17. The van der Waals surface area contributed by atoms with Gasteiger partial charge in [-0.1, -0.05) is 40.0 Å². The molecule has 0 aromatic carbocycles. The van der Waals surface area contributed by atoms with Gasteiger partial charge in [0.2, 0.25) is 5.95 Å². The molecule has 1 N–H and O–H groups in total. The van der Waals surface area contributed by atoms with Crippen molar-refractivity contribution in [3.63, 3.8) is 0 Å². The molecule has 3 nitrogen and oxygen atoms in total. The summed E-state index contributed by atoms with van der Waals surface area (Å²) in [6, 6.07) is 0. The predicted octanol–water partition coefficient (Wildman–Crippen LogP) is 3.80. The fourth-order valence-electron chi connectivity index (χ4n) is 1.74. The molecule has 0 fully saturated rings. The highest BCUT2D eigenvalue weighted by atomic mass is 15.1. The number of hydrogen-bond donors (Lipinski definition) is 1. The van der Waals surface area contributed by atoms with E-state index in [9.17, 15) is 0 Å². The van der Waals surface area contributed by atoms with Crippen LogP contribution in [0.1, 0.15) is 52.0 Å². The van der Waals surface area contributed by atoms with Gasteiger partial charge in [0.05, 0.1) is 0 Å². The lowest BCUT2D eigenvalue weighted by Gasteiger charge is -2.24. The summed E-state index contributed by atoms with van der Waals surface area (Å²) in [4.78, 5) is 8.51. The molecule has 0 saturated heterocycles. The molecule has 0 bridgehead atoms. The molecule has 0 spiro atoms. The second-order valence-corrected chi connectivity index (χ2v) is 5.56. The molecular formula is C14H25N3. The largest absolute Gasteiger partial charge is 0.354 e. The van der Waals surface area contributed by atoms with E-state index in [0.29, 0.717) is 5.41 Å². The molecule has 0 aliphatic carbocycles. The summed E-state index contributed by atoms with van der Waals surface area (Å²) in [5, 5.41) is 3.32. The molecule has 1 rings (SSSR count). The summed E-state index contributed by atoms with van der Waals surface area (Å²) in [7, 11) is 0. The average Bonchev–Trinajstić information content (AvgIpc) is 2.29. The van der Waals surface area contributed by atoms with E-state index < -0.39 is 0 Å². The number of rotatable bonds is 7. The van der Waals surface area contributed by atoms with Crippen molar-refractivity contribution in [3.8, 4) is 0 Å². The first kappa shape index (κ1) is 13.9.